The maximum absolute atomic E-state index is 13.6. The van der Waals surface area contributed by atoms with Crippen molar-refractivity contribution >= 4 is 17.7 Å². The van der Waals surface area contributed by atoms with E-state index in [1.807, 2.05) is 11.0 Å². The maximum atomic E-state index is 13.6. The predicted octanol–water partition coefficient (Wildman–Crippen LogP) is 1.90. The number of rotatable bonds is 4. The van der Waals surface area contributed by atoms with Crippen LogP contribution in [-0.2, 0) is 11.3 Å². The van der Waals surface area contributed by atoms with Gasteiger partial charge in [-0.05, 0) is 12.1 Å². The molecule has 24 heavy (non-hydrogen) atoms. The Hall–Kier alpha value is -2.70. The van der Waals surface area contributed by atoms with Crippen molar-refractivity contribution in [2.75, 3.05) is 36.4 Å². The highest BCUT2D eigenvalue weighted by atomic mass is 19.1. The van der Waals surface area contributed by atoms with Crippen LogP contribution >= 0.6 is 0 Å². The second-order valence-corrected chi connectivity index (χ2v) is 5.68. The van der Waals surface area contributed by atoms with Gasteiger partial charge in [-0.3, -0.25) is 4.79 Å². The summed E-state index contributed by atoms with van der Waals surface area (Å²) in [6.07, 6.45) is 1.68. The topological polar surface area (TPSA) is 61.4 Å². The van der Waals surface area contributed by atoms with Gasteiger partial charge in [-0.1, -0.05) is 18.2 Å². The van der Waals surface area contributed by atoms with E-state index in [0.717, 1.165) is 18.9 Å². The Bertz CT molecular complexity index is 716. The van der Waals surface area contributed by atoms with Gasteiger partial charge in [0.25, 0.3) is 0 Å². The Balaban J connectivity index is 1.62. The van der Waals surface area contributed by atoms with E-state index in [1.54, 1.807) is 31.3 Å². The zero-order valence-electron chi connectivity index (χ0n) is 13.6. The van der Waals surface area contributed by atoms with Gasteiger partial charge in [0.1, 0.15) is 11.6 Å². The number of nitrogens with zero attached hydrogens (tertiary/aromatic N) is 4. The molecular weight excluding hydrogens is 309 g/mol. The number of amides is 1. The largest absolute Gasteiger partial charge is 0.353 e. The molecule has 0 atom stereocenters. The predicted molar refractivity (Wildman–Crippen MR) is 90.2 cm³/mol. The quantitative estimate of drug-likeness (QED) is 0.928. The molecule has 0 saturated carbocycles. The van der Waals surface area contributed by atoms with Gasteiger partial charge in [-0.25, -0.2) is 9.37 Å². The van der Waals surface area contributed by atoms with Crippen molar-refractivity contribution in [1.29, 1.82) is 0 Å². The fourth-order valence-electron chi connectivity index (χ4n) is 2.68. The van der Waals surface area contributed by atoms with Crippen LogP contribution in [0.2, 0.25) is 0 Å². The zero-order valence-corrected chi connectivity index (χ0v) is 13.6. The molecule has 1 amide bonds. The number of hydrogen-bond acceptors (Lipinski definition) is 5. The monoisotopic (exact) mass is 329 g/mol. The molecule has 7 heteroatoms. The fraction of sp³-hybridized carbons (Fsp3) is 0.353. The van der Waals surface area contributed by atoms with Gasteiger partial charge >= 0.3 is 0 Å². The Morgan fingerprint density at radius 3 is 2.67 bits per heavy atom. The molecule has 2 aromatic rings. The summed E-state index contributed by atoms with van der Waals surface area (Å²) >= 11 is 0. The second-order valence-electron chi connectivity index (χ2n) is 5.68. The van der Waals surface area contributed by atoms with E-state index < -0.39 is 0 Å². The van der Waals surface area contributed by atoms with Gasteiger partial charge in [0.2, 0.25) is 11.9 Å². The van der Waals surface area contributed by atoms with Gasteiger partial charge in [0.15, 0.2) is 0 Å². The lowest BCUT2D eigenvalue weighted by Gasteiger charge is -2.34. The molecule has 6 nitrogen and oxygen atoms in total. The van der Waals surface area contributed by atoms with Crippen molar-refractivity contribution in [3.8, 4) is 0 Å². The lowest BCUT2D eigenvalue weighted by molar-refractivity contribution is -0.129. The van der Waals surface area contributed by atoms with Crippen LogP contribution in [0.4, 0.5) is 16.2 Å². The van der Waals surface area contributed by atoms with Crippen LogP contribution in [0.25, 0.3) is 0 Å². The number of aromatic nitrogens is 2. The number of anilines is 2. The number of halogens is 1. The molecule has 0 unspecified atom stereocenters. The highest BCUT2D eigenvalue weighted by Gasteiger charge is 2.19. The molecule has 1 N–H and O–H groups in total. The van der Waals surface area contributed by atoms with Crippen LogP contribution in [0.3, 0.4) is 0 Å². The second kappa shape index (κ2) is 7.25. The van der Waals surface area contributed by atoms with Crippen LogP contribution in [0.1, 0.15) is 12.5 Å². The number of carbonyl (C=O) groups is 1. The van der Waals surface area contributed by atoms with Crippen molar-refractivity contribution in [2.45, 2.75) is 13.5 Å². The van der Waals surface area contributed by atoms with Crippen LogP contribution in [0, 0.1) is 5.82 Å². The summed E-state index contributed by atoms with van der Waals surface area (Å²) in [5, 5.41) is 3.05. The summed E-state index contributed by atoms with van der Waals surface area (Å²) < 4.78 is 13.6. The Labute approximate surface area is 140 Å². The van der Waals surface area contributed by atoms with Crippen LogP contribution in [-0.4, -0.2) is 47.0 Å². The van der Waals surface area contributed by atoms with Gasteiger partial charge in [-0.15, -0.1) is 0 Å². The third-order valence-electron chi connectivity index (χ3n) is 4.08. The van der Waals surface area contributed by atoms with Crippen LogP contribution in [0.5, 0.6) is 0 Å². The number of carbonyl (C=O) groups excluding carboxylic acids is 1. The zero-order chi connectivity index (χ0) is 16.9. The van der Waals surface area contributed by atoms with E-state index >= 15 is 0 Å². The summed E-state index contributed by atoms with van der Waals surface area (Å²) in [7, 11) is 0. The normalized spacial score (nSPS) is 14.6. The molecule has 0 radical (unpaired) electrons. The van der Waals surface area contributed by atoms with E-state index in [9.17, 15) is 9.18 Å². The average molecular weight is 329 g/mol. The molecule has 126 valence electrons. The molecule has 1 aliphatic heterocycles. The summed E-state index contributed by atoms with van der Waals surface area (Å²) in [6.45, 7) is 4.78. The van der Waals surface area contributed by atoms with Gasteiger partial charge in [-0.2, -0.15) is 4.98 Å². The van der Waals surface area contributed by atoms with Crippen molar-refractivity contribution in [3.05, 3.63) is 47.9 Å². The van der Waals surface area contributed by atoms with E-state index in [0.29, 0.717) is 31.1 Å². The first-order chi connectivity index (χ1) is 11.6. The minimum Gasteiger partial charge on any atom is -0.353 e. The Morgan fingerprint density at radius 1 is 1.21 bits per heavy atom. The van der Waals surface area contributed by atoms with Gasteiger partial charge < -0.3 is 15.1 Å². The van der Waals surface area contributed by atoms with Crippen LogP contribution < -0.4 is 10.2 Å². The molecule has 1 saturated heterocycles. The van der Waals surface area contributed by atoms with Crippen molar-refractivity contribution < 1.29 is 9.18 Å². The van der Waals surface area contributed by atoms with Crippen molar-refractivity contribution in [1.82, 2.24) is 14.9 Å². The molecule has 0 aliphatic carbocycles. The summed E-state index contributed by atoms with van der Waals surface area (Å²) in [6, 6.07) is 8.47. The van der Waals surface area contributed by atoms with Gasteiger partial charge in [0, 0.05) is 51.4 Å². The molecular formula is C17H20FN5O. The average Bonchev–Trinajstić information content (AvgIpc) is 2.61. The van der Waals surface area contributed by atoms with E-state index in [1.165, 1.54) is 6.07 Å². The number of piperazine rings is 1. The molecule has 1 aromatic carbocycles. The number of benzene rings is 1. The summed E-state index contributed by atoms with van der Waals surface area (Å²) in [5.74, 6) is 1.13. The minimum atomic E-state index is -0.249. The Kier molecular flexibility index (Phi) is 4.88. The lowest BCUT2D eigenvalue weighted by atomic mass is 10.2. The third kappa shape index (κ3) is 3.79. The van der Waals surface area contributed by atoms with Crippen molar-refractivity contribution in [3.63, 3.8) is 0 Å². The van der Waals surface area contributed by atoms with Crippen molar-refractivity contribution in [2.24, 2.45) is 0 Å². The SMILES string of the molecule is CC(=O)N1CCN(c2ccnc(NCc3ccccc3F)n2)CC1. The first-order valence-corrected chi connectivity index (χ1v) is 7.94. The standard InChI is InChI=1S/C17H20FN5O/c1-13(24)22-8-10-23(11-9-22)16-6-7-19-17(21-16)20-12-14-4-2-3-5-15(14)18/h2-7H,8-12H2,1H3,(H,19,20,21). The van der Waals surface area contributed by atoms with E-state index in [4.69, 9.17) is 0 Å². The first kappa shape index (κ1) is 16.2. The minimum absolute atomic E-state index is 0.101. The van der Waals surface area contributed by atoms with E-state index in [-0.39, 0.29) is 11.7 Å². The van der Waals surface area contributed by atoms with E-state index in [2.05, 4.69) is 20.2 Å². The Morgan fingerprint density at radius 2 is 1.96 bits per heavy atom. The molecule has 3 rings (SSSR count). The molecule has 1 fully saturated rings. The highest BCUT2D eigenvalue weighted by Crippen LogP contribution is 2.16. The first-order valence-electron chi connectivity index (χ1n) is 7.94. The molecule has 2 heterocycles. The fourth-order valence-corrected chi connectivity index (χ4v) is 2.68. The molecule has 1 aromatic heterocycles. The third-order valence-corrected chi connectivity index (χ3v) is 4.08. The molecule has 0 spiro atoms. The molecule has 0 bridgehead atoms. The van der Waals surface area contributed by atoms with Crippen LogP contribution in [0.15, 0.2) is 36.5 Å². The molecule has 1 aliphatic rings. The number of nitrogens with one attached hydrogen (secondary N) is 1. The van der Waals surface area contributed by atoms with Gasteiger partial charge in [0.05, 0.1) is 0 Å². The highest BCUT2D eigenvalue weighted by molar-refractivity contribution is 5.73. The summed E-state index contributed by atoms with van der Waals surface area (Å²) in [5.41, 5.74) is 0.571. The summed E-state index contributed by atoms with van der Waals surface area (Å²) in [4.78, 5) is 24.0. The number of hydrogen-bond donors (Lipinski definition) is 1. The lowest BCUT2D eigenvalue weighted by Crippen LogP contribution is -2.48. The smallest absolute Gasteiger partial charge is 0.224 e. The maximum Gasteiger partial charge on any atom is 0.224 e.